The number of carbonyl (C=O) groups is 2. The molecule has 1 atom stereocenters. The minimum atomic E-state index is 0.0178. The topological polar surface area (TPSA) is 70.2 Å². The zero-order valence-corrected chi connectivity index (χ0v) is 11.4. The molecule has 0 saturated heterocycles. The lowest BCUT2D eigenvalue weighted by atomic mass is 10.2. The van der Waals surface area contributed by atoms with Crippen molar-refractivity contribution in [2.24, 2.45) is 5.92 Å². The Morgan fingerprint density at radius 1 is 1.28 bits per heavy atom. The van der Waals surface area contributed by atoms with E-state index in [4.69, 9.17) is 0 Å². The van der Waals surface area contributed by atoms with Crippen LogP contribution >= 0.6 is 0 Å². The summed E-state index contributed by atoms with van der Waals surface area (Å²) in [4.78, 5) is 22.8. The second-order valence-corrected chi connectivity index (χ2v) is 5.05. The van der Waals surface area contributed by atoms with Gasteiger partial charge in [0.2, 0.25) is 11.8 Å². The van der Waals surface area contributed by atoms with Gasteiger partial charge in [0.1, 0.15) is 0 Å². The minimum absolute atomic E-state index is 0.0178. The normalized spacial score (nSPS) is 16.1. The molecule has 104 valence electrons. The molecule has 0 spiro atoms. The van der Waals surface area contributed by atoms with E-state index in [1.807, 2.05) is 13.8 Å². The molecule has 5 nitrogen and oxygen atoms in total. The van der Waals surface area contributed by atoms with E-state index in [1.54, 1.807) is 0 Å². The molecule has 5 heteroatoms. The van der Waals surface area contributed by atoms with Gasteiger partial charge in [-0.05, 0) is 32.1 Å². The Hall–Kier alpha value is -1.10. The van der Waals surface area contributed by atoms with Gasteiger partial charge in [-0.1, -0.05) is 6.92 Å². The maximum Gasteiger partial charge on any atom is 0.233 e. The zero-order chi connectivity index (χ0) is 13.4. The van der Waals surface area contributed by atoms with Crippen LogP contribution in [0.3, 0.4) is 0 Å². The smallest absolute Gasteiger partial charge is 0.233 e. The molecule has 2 amide bonds. The maximum atomic E-state index is 11.4. The van der Waals surface area contributed by atoms with Crippen LogP contribution in [0, 0.1) is 5.92 Å². The standard InChI is InChI=1S/C13H25N3O2/c1-3-10(2)16-12(17)6-7-14-9-13(18)15-8-11-4-5-11/h10-11,14H,3-9H2,1-2H3,(H,15,18)(H,16,17). The number of hydrogen-bond acceptors (Lipinski definition) is 3. The van der Waals surface area contributed by atoms with Crippen LogP contribution in [-0.2, 0) is 9.59 Å². The highest BCUT2D eigenvalue weighted by Crippen LogP contribution is 2.27. The van der Waals surface area contributed by atoms with Gasteiger partial charge in [-0.3, -0.25) is 9.59 Å². The summed E-state index contributed by atoms with van der Waals surface area (Å²) in [6.45, 7) is 5.65. The van der Waals surface area contributed by atoms with Gasteiger partial charge >= 0.3 is 0 Å². The van der Waals surface area contributed by atoms with E-state index in [0.29, 0.717) is 25.4 Å². The molecule has 0 heterocycles. The number of amides is 2. The Balaban J connectivity index is 1.93. The molecule has 0 radical (unpaired) electrons. The summed E-state index contributed by atoms with van der Waals surface area (Å²) in [6, 6.07) is 0.222. The lowest BCUT2D eigenvalue weighted by Crippen LogP contribution is -2.37. The van der Waals surface area contributed by atoms with Crippen molar-refractivity contribution >= 4 is 11.8 Å². The third-order valence-corrected chi connectivity index (χ3v) is 3.12. The molecule has 0 aromatic rings. The predicted octanol–water partition coefficient (Wildman–Crippen LogP) is 0.407. The molecule has 1 fully saturated rings. The van der Waals surface area contributed by atoms with Gasteiger partial charge in [0.05, 0.1) is 6.54 Å². The zero-order valence-electron chi connectivity index (χ0n) is 11.4. The monoisotopic (exact) mass is 255 g/mol. The minimum Gasteiger partial charge on any atom is -0.355 e. The van der Waals surface area contributed by atoms with E-state index in [0.717, 1.165) is 13.0 Å². The Bertz CT molecular complexity index is 277. The first kappa shape index (κ1) is 15.0. The molecule has 0 aromatic carbocycles. The van der Waals surface area contributed by atoms with Crippen molar-refractivity contribution in [3.63, 3.8) is 0 Å². The van der Waals surface area contributed by atoms with Crippen molar-refractivity contribution < 1.29 is 9.59 Å². The van der Waals surface area contributed by atoms with Crippen LogP contribution in [0.2, 0.25) is 0 Å². The van der Waals surface area contributed by atoms with Crippen LogP contribution in [0.25, 0.3) is 0 Å². The summed E-state index contributed by atoms with van der Waals surface area (Å²) < 4.78 is 0. The third kappa shape index (κ3) is 7.27. The number of rotatable bonds is 9. The van der Waals surface area contributed by atoms with Gasteiger partial charge in [-0.15, -0.1) is 0 Å². The highest BCUT2D eigenvalue weighted by Gasteiger charge is 2.21. The molecule has 1 unspecified atom stereocenters. The van der Waals surface area contributed by atoms with E-state index < -0.39 is 0 Å². The van der Waals surface area contributed by atoms with Gasteiger partial charge in [0, 0.05) is 25.6 Å². The van der Waals surface area contributed by atoms with Crippen molar-refractivity contribution in [3.05, 3.63) is 0 Å². The highest BCUT2D eigenvalue weighted by molar-refractivity contribution is 5.78. The largest absolute Gasteiger partial charge is 0.355 e. The Morgan fingerprint density at radius 3 is 2.61 bits per heavy atom. The van der Waals surface area contributed by atoms with Gasteiger partial charge in [0.15, 0.2) is 0 Å². The maximum absolute atomic E-state index is 11.4. The van der Waals surface area contributed by atoms with Crippen molar-refractivity contribution in [1.29, 1.82) is 0 Å². The van der Waals surface area contributed by atoms with Gasteiger partial charge in [-0.2, -0.15) is 0 Å². The predicted molar refractivity (Wildman–Crippen MR) is 71.1 cm³/mol. The first-order valence-electron chi connectivity index (χ1n) is 6.88. The fourth-order valence-electron chi connectivity index (χ4n) is 1.50. The fraction of sp³-hybridized carbons (Fsp3) is 0.846. The average Bonchev–Trinajstić information content (AvgIpc) is 3.16. The molecule has 3 N–H and O–H groups in total. The van der Waals surface area contributed by atoms with Gasteiger partial charge in [-0.25, -0.2) is 0 Å². The van der Waals surface area contributed by atoms with Crippen LogP contribution in [-0.4, -0.2) is 37.5 Å². The number of carbonyl (C=O) groups excluding carboxylic acids is 2. The first-order chi connectivity index (χ1) is 8.61. The average molecular weight is 255 g/mol. The summed E-state index contributed by atoms with van der Waals surface area (Å²) in [5.41, 5.74) is 0. The van der Waals surface area contributed by atoms with Crippen molar-refractivity contribution in [1.82, 2.24) is 16.0 Å². The van der Waals surface area contributed by atoms with E-state index in [1.165, 1.54) is 12.8 Å². The Labute approximate surface area is 109 Å². The molecule has 1 aliphatic rings. The quantitative estimate of drug-likeness (QED) is 0.523. The van der Waals surface area contributed by atoms with Gasteiger partial charge in [0.25, 0.3) is 0 Å². The van der Waals surface area contributed by atoms with Crippen LogP contribution < -0.4 is 16.0 Å². The van der Waals surface area contributed by atoms with E-state index in [9.17, 15) is 9.59 Å². The van der Waals surface area contributed by atoms with E-state index in [-0.39, 0.29) is 17.9 Å². The van der Waals surface area contributed by atoms with E-state index >= 15 is 0 Å². The number of nitrogens with one attached hydrogen (secondary N) is 3. The summed E-state index contributed by atoms with van der Waals surface area (Å²) in [6.07, 6.45) is 3.83. The van der Waals surface area contributed by atoms with Crippen molar-refractivity contribution in [3.8, 4) is 0 Å². The summed E-state index contributed by atoms with van der Waals surface area (Å²) in [5, 5.41) is 8.74. The van der Waals surface area contributed by atoms with Crippen LogP contribution in [0.15, 0.2) is 0 Å². The lowest BCUT2D eigenvalue weighted by molar-refractivity contribution is -0.122. The second kappa shape index (κ2) is 8.08. The third-order valence-electron chi connectivity index (χ3n) is 3.12. The molecule has 1 saturated carbocycles. The summed E-state index contributed by atoms with van der Waals surface area (Å²) in [7, 11) is 0. The molecule has 1 aliphatic carbocycles. The summed E-state index contributed by atoms with van der Waals surface area (Å²) in [5.74, 6) is 0.759. The first-order valence-corrected chi connectivity index (χ1v) is 6.88. The van der Waals surface area contributed by atoms with Gasteiger partial charge < -0.3 is 16.0 Å². The molecule has 0 bridgehead atoms. The van der Waals surface area contributed by atoms with Crippen LogP contribution in [0.4, 0.5) is 0 Å². The van der Waals surface area contributed by atoms with Crippen LogP contribution in [0.1, 0.15) is 39.5 Å². The molecular formula is C13H25N3O2. The SMILES string of the molecule is CCC(C)NC(=O)CCNCC(=O)NCC1CC1. The molecule has 1 rings (SSSR count). The fourth-order valence-corrected chi connectivity index (χ4v) is 1.50. The molecule has 0 aromatic heterocycles. The molecule has 0 aliphatic heterocycles. The second-order valence-electron chi connectivity index (χ2n) is 5.05. The Morgan fingerprint density at radius 2 is 2.00 bits per heavy atom. The lowest BCUT2D eigenvalue weighted by Gasteiger charge is -2.11. The van der Waals surface area contributed by atoms with Crippen molar-refractivity contribution in [2.75, 3.05) is 19.6 Å². The molecular weight excluding hydrogens is 230 g/mol. The summed E-state index contributed by atoms with van der Waals surface area (Å²) >= 11 is 0. The van der Waals surface area contributed by atoms with Crippen molar-refractivity contribution in [2.45, 2.75) is 45.6 Å². The highest BCUT2D eigenvalue weighted by atomic mass is 16.2. The number of hydrogen-bond donors (Lipinski definition) is 3. The Kier molecular flexibility index (Phi) is 6.72. The molecule has 18 heavy (non-hydrogen) atoms. The van der Waals surface area contributed by atoms with Crippen LogP contribution in [0.5, 0.6) is 0 Å². The van der Waals surface area contributed by atoms with E-state index in [2.05, 4.69) is 16.0 Å².